The summed E-state index contributed by atoms with van der Waals surface area (Å²) >= 11 is 0. The van der Waals surface area contributed by atoms with Crippen LogP contribution in [0.3, 0.4) is 0 Å². The summed E-state index contributed by atoms with van der Waals surface area (Å²) in [5.41, 5.74) is 1.15. The number of benzene rings is 1. The number of nitrogens with one attached hydrogen (secondary N) is 2. The van der Waals surface area contributed by atoms with E-state index in [1.54, 1.807) is 7.05 Å². The highest BCUT2D eigenvalue weighted by Crippen LogP contribution is 2.52. The fraction of sp³-hybridized carbons (Fsp3) is 0.522. The monoisotopic (exact) mass is 410 g/mol. The van der Waals surface area contributed by atoms with Crippen LogP contribution in [0, 0.1) is 23.7 Å². The number of likely N-dealkylation sites (tertiary alicyclic amines) is 1. The van der Waals surface area contributed by atoms with Crippen LogP contribution in [0.25, 0.3) is 0 Å². The molecule has 1 saturated heterocycles. The molecule has 2 bridgehead atoms. The number of amides is 2. The smallest absolute Gasteiger partial charge is 0.233 e. The van der Waals surface area contributed by atoms with Gasteiger partial charge in [-0.05, 0) is 30.2 Å². The minimum absolute atomic E-state index is 0.0277. The predicted octanol–water partition coefficient (Wildman–Crippen LogP) is 1.57. The van der Waals surface area contributed by atoms with E-state index < -0.39 is 0 Å². The van der Waals surface area contributed by atoms with Crippen molar-refractivity contribution < 1.29 is 14.3 Å². The molecule has 2 amide bonds. The quantitative estimate of drug-likeness (QED) is 0.212. The van der Waals surface area contributed by atoms with Gasteiger partial charge in [0.05, 0.1) is 25.0 Å². The SMILES string of the molecule is CN=C(NCCCN1C(=O)C2C3C=CC(C3)C2C1=O)NCCOCc1ccccc1. The molecule has 1 aromatic carbocycles. The van der Waals surface area contributed by atoms with Crippen molar-refractivity contribution in [3.05, 3.63) is 48.0 Å². The fourth-order valence-electron chi connectivity index (χ4n) is 4.85. The molecule has 3 aliphatic rings. The molecule has 160 valence electrons. The topological polar surface area (TPSA) is 83.0 Å². The number of nitrogens with zero attached hydrogens (tertiary/aromatic N) is 2. The molecule has 0 aromatic heterocycles. The number of carbonyl (C=O) groups is 2. The Morgan fingerprint density at radius 3 is 2.40 bits per heavy atom. The number of hydrogen-bond donors (Lipinski definition) is 2. The zero-order chi connectivity index (χ0) is 20.9. The lowest BCUT2D eigenvalue weighted by Crippen LogP contribution is -2.41. The summed E-state index contributed by atoms with van der Waals surface area (Å²) in [4.78, 5) is 31.0. The van der Waals surface area contributed by atoms with E-state index >= 15 is 0 Å². The number of allylic oxidation sites excluding steroid dienone is 2. The Bertz CT molecular complexity index is 793. The summed E-state index contributed by atoms with van der Waals surface area (Å²) in [6.07, 6.45) is 5.92. The molecule has 4 unspecified atom stereocenters. The first-order valence-electron chi connectivity index (χ1n) is 10.8. The normalized spacial score (nSPS) is 27.1. The van der Waals surface area contributed by atoms with Crippen molar-refractivity contribution in [2.24, 2.45) is 28.7 Å². The molecule has 1 aromatic rings. The van der Waals surface area contributed by atoms with E-state index in [1.807, 2.05) is 30.3 Å². The molecule has 0 spiro atoms. The highest BCUT2D eigenvalue weighted by atomic mass is 16.5. The third-order valence-corrected chi connectivity index (χ3v) is 6.29. The van der Waals surface area contributed by atoms with Gasteiger partial charge in [-0.2, -0.15) is 0 Å². The second kappa shape index (κ2) is 9.43. The Labute approximate surface area is 177 Å². The Morgan fingerprint density at radius 2 is 1.73 bits per heavy atom. The molecule has 4 rings (SSSR count). The van der Waals surface area contributed by atoms with Crippen molar-refractivity contribution in [3.63, 3.8) is 0 Å². The van der Waals surface area contributed by atoms with Gasteiger partial charge in [0.2, 0.25) is 11.8 Å². The van der Waals surface area contributed by atoms with Gasteiger partial charge < -0.3 is 15.4 Å². The summed E-state index contributed by atoms with van der Waals surface area (Å²) in [5.74, 6) is 1.08. The van der Waals surface area contributed by atoms with Crippen LogP contribution in [0.15, 0.2) is 47.5 Å². The zero-order valence-corrected chi connectivity index (χ0v) is 17.4. The Kier molecular flexibility index (Phi) is 6.47. The van der Waals surface area contributed by atoms with Crippen molar-refractivity contribution in [2.75, 3.05) is 33.3 Å². The van der Waals surface area contributed by atoms with E-state index in [1.165, 1.54) is 4.90 Å². The van der Waals surface area contributed by atoms with Crippen molar-refractivity contribution in [3.8, 4) is 0 Å². The van der Waals surface area contributed by atoms with Crippen molar-refractivity contribution in [1.29, 1.82) is 0 Å². The Hall–Kier alpha value is -2.67. The van der Waals surface area contributed by atoms with E-state index in [2.05, 4.69) is 27.8 Å². The third kappa shape index (κ3) is 4.26. The Morgan fingerprint density at radius 1 is 1.07 bits per heavy atom. The number of aliphatic imine (C=N–C) groups is 1. The molecular formula is C23H30N4O3. The molecule has 30 heavy (non-hydrogen) atoms. The van der Waals surface area contributed by atoms with E-state index in [0.717, 1.165) is 12.0 Å². The molecule has 4 atom stereocenters. The summed E-state index contributed by atoms with van der Waals surface area (Å²) in [7, 11) is 1.72. The largest absolute Gasteiger partial charge is 0.375 e. The molecule has 2 N–H and O–H groups in total. The molecule has 0 radical (unpaired) electrons. The lowest BCUT2D eigenvalue weighted by atomic mass is 9.85. The van der Waals surface area contributed by atoms with Gasteiger partial charge >= 0.3 is 0 Å². The first kappa shape index (κ1) is 20.6. The highest BCUT2D eigenvalue weighted by Gasteiger charge is 2.58. The van der Waals surface area contributed by atoms with Gasteiger partial charge in [-0.25, -0.2) is 0 Å². The van der Waals surface area contributed by atoms with Gasteiger partial charge in [0, 0.05) is 26.7 Å². The maximum Gasteiger partial charge on any atom is 0.233 e. The maximum absolute atomic E-state index is 12.7. The summed E-state index contributed by atoms with van der Waals surface area (Å²) < 4.78 is 5.66. The highest BCUT2D eigenvalue weighted by molar-refractivity contribution is 6.06. The molecular weight excluding hydrogens is 380 g/mol. The van der Waals surface area contributed by atoms with Gasteiger partial charge in [-0.3, -0.25) is 19.5 Å². The Balaban J connectivity index is 1.11. The van der Waals surface area contributed by atoms with E-state index in [9.17, 15) is 9.59 Å². The second-order valence-corrected chi connectivity index (χ2v) is 8.15. The van der Waals surface area contributed by atoms with Crippen LogP contribution in [-0.2, 0) is 20.9 Å². The second-order valence-electron chi connectivity index (χ2n) is 8.15. The molecule has 7 nitrogen and oxygen atoms in total. The molecule has 7 heteroatoms. The van der Waals surface area contributed by atoms with Crippen LogP contribution in [0.2, 0.25) is 0 Å². The third-order valence-electron chi connectivity index (χ3n) is 6.29. The molecule has 1 aliphatic heterocycles. The average Bonchev–Trinajstić information content (AvgIpc) is 3.45. The number of imide groups is 1. The first-order valence-corrected chi connectivity index (χ1v) is 10.8. The van der Waals surface area contributed by atoms with Gasteiger partial charge in [-0.15, -0.1) is 0 Å². The van der Waals surface area contributed by atoms with Gasteiger partial charge in [0.1, 0.15) is 0 Å². The van der Waals surface area contributed by atoms with Crippen LogP contribution >= 0.6 is 0 Å². The fourth-order valence-corrected chi connectivity index (χ4v) is 4.85. The first-order chi connectivity index (χ1) is 14.7. The number of carbonyl (C=O) groups excluding carboxylic acids is 2. The van der Waals surface area contributed by atoms with Crippen LogP contribution in [0.5, 0.6) is 0 Å². The van der Waals surface area contributed by atoms with Gasteiger partial charge in [-0.1, -0.05) is 42.5 Å². The molecule has 1 saturated carbocycles. The van der Waals surface area contributed by atoms with Gasteiger partial charge in [0.15, 0.2) is 5.96 Å². The summed E-state index contributed by atoms with van der Waals surface area (Å²) in [6, 6.07) is 10.1. The number of hydrogen-bond acceptors (Lipinski definition) is 4. The minimum atomic E-state index is -0.106. The zero-order valence-electron chi connectivity index (χ0n) is 17.4. The predicted molar refractivity (Wildman–Crippen MR) is 115 cm³/mol. The average molecular weight is 411 g/mol. The molecule has 1 heterocycles. The van der Waals surface area contributed by atoms with Crippen molar-refractivity contribution in [1.82, 2.24) is 15.5 Å². The van der Waals surface area contributed by atoms with E-state index in [-0.39, 0.29) is 35.5 Å². The number of fused-ring (bicyclic) bond motifs is 5. The summed E-state index contributed by atoms with van der Waals surface area (Å²) in [6.45, 7) is 2.92. The number of rotatable bonds is 9. The lowest BCUT2D eigenvalue weighted by Gasteiger charge is -2.18. The van der Waals surface area contributed by atoms with Crippen molar-refractivity contribution >= 4 is 17.8 Å². The van der Waals surface area contributed by atoms with Crippen molar-refractivity contribution in [2.45, 2.75) is 19.4 Å². The van der Waals surface area contributed by atoms with Crippen LogP contribution in [0.4, 0.5) is 0 Å². The number of guanidine groups is 1. The number of ether oxygens (including phenoxy) is 1. The van der Waals surface area contributed by atoms with Gasteiger partial charge in [0.25, 0.3) is 0 Å². The van der Waals surface area contributed by atoms with Crippen LogP contribution in [-0.4, -0.2) is 56.0 Å². The molecule has 2 fully saturated rings. The summed E-state index contributed by atoms with van der Waals surface area (Å²) in [5, 5.41) is 6.45. The standard InChI is InChI=1S/C23H30N4O3/c1-24-23(26-11-13-30-15-16-6-3-2-4-7-16)25-10-5-12-27-21(28)19-17-8-9-18(14-17)20(19)22(27)29/h2-4,6-9,17-20H,5,10-15H2,1H3,(H2,24,25,26). The van der Waals surface area contributed by atoms with E-state index in [0.29, 0.717) is 45.2 Å². The molecule has 2 aliphatic carbocycles. The van der Waals surface area contributed by atoms with E-state index in [4.69, 9.17) is 4.74 Å². The lowest BCUT2D eigenvalue weighted by molar-refractivity contribution is -0.140. The maximum atomic E-state index is 12.7. The van der Waals surface area contributed by atoms with Crippen LogP contribution < -0.4 is 10.6 Å². The van der Waals surface area contributed by atoms with Crippen LogP contribution in [0.1, 0.15) is 18.4 Å². The minimum Gasteiger partial charge on any atom is -0.375 e.